The summed E-state index contributed by atoms with van der Waals surface area (Å²) in [7, 11) is 0. The maximum atomic E-state index is 11.5. The van der Waals surface area contributed by atoms with Gasteiger partial charge in [0.1, 0.15) is 5.60 Å². The third-order valence-corrected chi connectivity index (χ3v) is 2.96. The SMILES string of the molecule is CC(C)(C)OC(=O)NCc1ccc(CCCCC(=O)O)cc1. The van der Waals surface area contributed by atoms with Crippen molar-refractivity contribution in [3.8, 4) is 0 Å². The van der Waals surface area contributed by atoms with Gasteiger partial charge in [0.15, 0.2) is 0 Å². The Hall–Kier alpha value is -2.04. The van der Waals surface area contributed by atoms with E-state index in [9.17, 15) is 9.59 Å². The first kappa shape index (κ1) is 18.0. The van der Waals surface area contributed by atoms with E-state index in [1.807, 2.05) is 45.0 Å². The molecule has 1 rings (SSSR count). The Kier molecular flexibility index (Phi) is 6.89. The number of aliphatic carboxylic acids is 1. The maximum Gasteiger partial charge on any atom is 0.407 e. The zero-order chi connectivity index (χ0) is 16.6. The van der Waals surface area contributed by atoms with E-state index in [-0.39, 0.29) is 6.42 Å². The van der Waals surface area contributed by atoms with Gasteiger partial charge >= 0.3 is 12.1 Å². The zero-order valence-corrected chi connectivity index (χ0v) is 13.5. The molecule has 22 heavy (non-hydrogen) atoms. The van der Waals surface area contributed by atoms with Crippen molar-refractivity contribution in [3.63, 3.8) is 0 Å². The third-order valence-electron chi connectivity index (χ3n) is 2.96. The molecule has 0 aromatic heterocycles. The van der Waals surface area contributed by atoms with Crippen molar-refractivity contribution in [2.45, 2.75) is 58.6 Å². The van der Waals surface area contributed by atoms with Crippen molar-refractivity contribution >= 4 is 12.1 Å². The van der Waals surface area contributed by atoms with Crippen LogP contribution >= 0.6 is 0 Å². The maximum absolute atomic E-state index is 11.5. The molecule has 0 atom stereocenters. The Morgan fingerprint density at radius 2 is 1.68 bits per heavy atom. The first-order valence-electron chi connectivity index (χ1n) is 7.53. The Bertz CT molecular complexity index is 488. The largest absolute Gasteiger partial charge is 0.481 e. The molecule has 0 unspecified atom stereocenters. The number of carbonyl (C=O) groups excluding carboxylic acids is 1. The molecule has 0 aliphatic carbocycles. The van der Waals surface area contributed by atoms with Gasteiger partial charge in [0.25, 0.3) is 0 Å². The second-order valence-corrected chi connectivity index (χ2v) is 6.27. The van der Waals surface area contributed by atoms with E-state index in [0.29, 0.717) is 13.0 Å². The lowest BCUT2D eigenvalue weighted by Gasteiger charge is -2.19. The Labute approximate surface area is 131 Å². The average Bonchev–Trinajstić information content (AvgIpc) is 2.40. The summed E-state index contributed by atoms with van der Waals surface area (Å²) in [4.78, 5) is 22.0. The van der Waals surface area contributed by atoms with Crippen LogP contribution in [-0.2, 0) is 22.5 Å². The van der Waals surface area contributed by atoms with E-state index in [1.165, 1.54) is 5.56 Å². The van der Waals surface area contributed by atoms with Gasteiger partial charge in [-0.15, -0.1) is 0 Å². The summed E-state index contributed by atoms with van der Waals surface area (Å²) < 4.78 is 5.17. The van der Waals surface area contributed by atoms with Crippen LogP contribution in [0.15, 0.2) is 24.3 Å². The fourth-order valence-corrected chi connectivity index (χ4v) is 1.92. The normalized spacial score (nSPS) is 11.0. The second-order valence-electron chi connectivity index (χ2n) is 6.27. The van der Waals surface area contributed by atoms with Crippen LogP contribution in [0.25, 0.3) is 0 Å². The predicted octanol–water partition coefficient (Wildman–Crippen LogP) is 3.51. The van der Waals surface area contributed by atoms with Crippen molar-refractivity contribution in [1.29, 1.82) is 0 Å². The van der Waals surface area contributed by atoms with Crippen molar-refractivity contribution in [3.05, 3.63) is 35.4 Å². The number of carboxylic acid groups (broad SMARTS) is 1. The summed E-state index contributed by atoms with van der Waals surface area (Å²) in [5.41, 5.74) is 1.68. The molecule has 0 aliphatic rings. The molecule has 0 saturated heterocycles. The summed E-state index contributed by atoms with van der Waals surface area (Å²) in [5, 5.41) is 11.3. The monoisotopic (exact) mass is 307 g/mol. The highest BCUT2D eigenvalue weighted by Crippen LogP contribution is 2.10. The number of amides is 1. The molecule has 0 aliphatic heterocycles. The molecular weight excluding hydrogens is 282 g/mol. The summed E-state index contributed by atoms with van der Waals surface area (Å²) in [6.07, 6.45) is 2.22. The van der Waals surface area contributed by atoms with Gasteiger partial charge in [0.2, 0.25) is 0 Å². The van der Waals surface area contributed by atoms with Crippen LogP contribution in [0.4, 0.5) is 4.79 Å². The first-order valence-corrected chi connectivity index (χ1v) is 7.53. The van der Waals surface area contributed by atoms with Crippen LogP contribution in [0.5, 0.6) is 0 Å². The molecule has 0 radical (unpaired) electrons. The van der Waals surface area contributed by atoms with Crippen molar-refractivity contribution in [2.24, 2.45) is 0 Å². The minimum absolute atomic E-state index is 0.220. The van der Waals surface area contributed by atoms with Crippen LogP contribution < -0.4 is 5.32 Å². The van der Waals surface area contributed by atoms with Crippen LogP contribution in [0.1, 0.15) is 51.2 Å². The number of carbonyl (C=O) groups is 2. The standard InChI is InChI=1S/C17H25NO4/c1-17(2,3)22-16(21)18-12-14-10-8-13(9-11-14)6-4-5-7-15(19)20/h8-11H,4-7,12H2,1-3H3,(H,18,21)(H,19,20). The highest BCUT2D eigenvalue weighted by atomic mass is 16.6. The molecule has 1 aromatic rings. The van der Waals surface area contributed by atoms with E-state index < -0.39 is 17.7 Å². The van der Waals surface area contributed by atoms with Crippen LogP contribution in [0.3, 0.4) is 0 Å². The van der Waals surface area contributed by atoms with Gasteiger partial charge in [-0.05, 0) is 51.2 Å². The minimum Gasteiger partial charge on any atom is -0.481 e. The Balaban J connectivity index is 2.32. The lowest BCUT2D eigenvalue weighted by atomic mass is 10.1. The van der Waals surface area contributed by atoms with Gasteiger partial charge in [0, 0.05) is 13.0 Å². The van der Waals surface area contributed by atoms with E-state index in [2.05, 4.69) is 5.32 Å². The van der Waals surface area contributed by atoms with Crippen LogP contribution in [0, 0.1) is 0 Å². The molecule has 5 nitrogen and oxygen atoms in total. The molecule has 0 bridgehead atoms. The minimum atomic E-state index is -0.747. The fourth-order valence-electron chi connectivity index (χ4n) is 1.92. The molecule has 0 spiro atoms. The highest BCUT2D eigenvalue weighted by molar-refractivity contribution is 5.67. The highest BCUT2D eigenvalue weighted by Gasteiger charge is 2.15. The number of nitrogens with one attached hydrogen (secondary N) is 1. The third kappa shape index (κ3) is 8.29. The summed E-state index contributed by atoms with van der Waals surface area (Å²) in [6.45, 7) is 5.90. The molecule has 5 heteroatoms. The number of benzene rings is 1. The molecule has 0 fully saturated rings. The molecule has 122 valence electrons. The number of rotatable bonds is 7. The van der Waals surface area contributed by atoms with Gasteiger partial charge < -0.3 is 15.2 Å². The summed E-state index contributed by atoms with van der Waals surface area (Å²) in [5.74, 6) is -0.747. The fraction of sp³-hybridized carbons (Fsp3) is 0.529. The zero-order valence-electron chi connectivity index (χ0n) is 13.5. The molecule has 1 aromatic carbocycles. The van der Waals surface area contributed by atoms with Gasteiger partial charge in [0.05, 0.1) is 0 Å². The molecule has 2 N–H and O–H groups in total. The van der Waals surface area contributed by atoms with Gasteiger partial charge in [-0.3, -0.25) is 4.79 Å². The second kappa shape index (κ2) is 8.41. The number of alkyl carbamates (subject to hydrolysis) is 1. The van der Waals surface area contributed by atoms with E-state index in [0.717, 1.165) is 18.4 Å². The van der Waals surface area contributed by atoms with Crippen LogP contribution in [-0.4, -0.2) is 22.8 Å². The van der Waals surface area contributed by atoms with Crippen molar-refractivity contribution < 1.29 is 19.4 Å². The number of hydrogen-bond acceptors (Lipinski definition) is 3. The quantitative estimate of drug-likeness (QED) is 0.756. The van der Waals surface area contributed by atoms with Gasteiger partial charge in [-0.2, -0.15) is 0 Å². The topological polar surface area (TPSA) is 75.6 Å². The van der Waals surface area contributed by atoms with Gasteiger partial charge in [-0.1, -0.05) is 24.3 Å². The van der Waals surface area contributed by atoms with Crippen LogP contribution in [0.2, 0.25) is 0 Å². The van der Waals surface area contributed by atoms with E-state index in [1.54, 1.807) is 0 Å². The van der Waals surface area contributed by atoms with E-state index in [4.69, 9.17) is 9.84 Å². The van der Waals surface area contributed by atoms with Crippen molar-refractivity contribution in [2.75, 3.05) is 0 Å². The first-order chi connectivity index (χ1) is 10.3. The number of carboxylic acids is 1. The molecule has 0 saturated carbocycles. The Morgan fingerprint density at radius 1 is 1.09 bits per heavy atom. The molecule has 1 amide bonds. The number of ether oxygens (including phenoxy) is 1. The molecular formula is C17H25NO4. The number of unbranched alkanes of at least 4 members (excludes halogenated alkanes) is 1. The lowest BCUT2D eigenvalue weighted by Crippen LogP contribution is -2.32. The lowest BCUT2D eigenvalue weighted by molar-refractivity contribution is -0.137. The predicted molar refractivity (Wildman–Crippen MR) is 84.7 cm³/mol. The summed E-state index contributed by atoms with van der Waals surface area (Å²) in [6, 6.07) is 7.94. The molecule has 0 heterocycles. The average molecular weight is 307 g/mol. The van der Waals surface area contributed by atoms with Gasteiger partial charge in [-0.25, -0.2) is 4.79 Å². The number of hydrogen-bond donors (Lipinski definition) is 2. The smallest absolute Gasteiger partial charge is 0.407 e. The summed E-state index contributed by atoms with van der Waals surface area (Å²) >= 11 is 0. The van der Waals surface area contributed by atoms with E-state index >= 15 is 0 Å². The Morgan fingerprint density at radius 3 is 2.23 bits per heavy atom. The number of aryl methyl sites for hydroxylation is 1. The van der Waals surface area contributed by atoms with Crippen molar-refractivity contribution in [1.82, 2.24) is 5.32 Å².